The van der Waals surface area contributed by atoms with Gasteiger partial charge in [-0.1, -0.05) is 77.8 Å². The van der Waals surface area contributed by atoms with E-state index in [9.17, 15) is 9.59 Å². The first kappa shape index (κ1) is 21.9. The van der Waals surface area contributed by atoms with Gasteiger partial charge < -0.3 is 10.6 Å². The van der Waals surface area contributed by atoms with Crippen LogP contribution in [0, 0.1) is 0 Å². The second-order valence-corrected chi connectivity index (χ2v) is 7.84. The quantitative estimate of drug-likeness (QED) is 0.511. The van der Waals surface area contributed by atoms with Gasteiger partial charge >= 0.3 is 0 Å². The third-order valence-electron chi connectivity index (χ3n) is 4.68. The Morgan fingerprint density at radius 3 is 1.77 bits per heavy atom. The van der Waals surface area contributed by atoms with E-state index in [0.29, 0.717) is 10.0 Å². The lowest BCUT2D eigenvalue weighted by molar-refractivity contribution is -0.123. The van der Waals surface area contributed by atoms with E-state index in [2.05, 4.69) is 10.6 Å². The van der Waals surface area contributed by atoms with Crippen molar-refractivity contribution in [3.8, 4) is 0 Å². The van der Waals surface area contributed by atoms with E-state index in [0.717, 1.165) is 16.7 Å². The average Bonchev–Trinajstić information content (AvgIpc) is 2.73. The van der Waals surface area contributed by atoms with Crippen LogP contribution < -0.4 is 10.6 Å². The average molecular weight is 441 g/mol. The van der Waals surface area contributed by atoms with E-state index in [1.807, 2.05) is 54.6 Å². The maximum atomic E-state index is 13.0. The lowest BCUT2D eigenvalue weighted by Gasteiger charge is -2.23. The zero-order valence-corrected chi connectivity index (χ0v) is 18.0. The maximum Gasteiger partial charge on any atom is 0.223 e. The van der Waals surface area contributed by atoms with Crippen LogP contribution in [0.15, 0.2) is 78.9 Å². The second-order valence-electron chi connectivity index (χ2n) is 6.97. The van der Waals surface area contributed by atoms with Gasteiger partial charge in [0.1, 0.15) is 0 Å². The highest BCUT2D eigenvalue weighted by atomic mass is 35.5. The van der Waals surface area contributed by atoms with Gasteiger partial charge in [0.05, 0.1) is 18.5 Å². The molecule has 0 aliphatic carbocycles. The minimum atomic E-state index is -0.457. The molecule has 0 bridgehead atoms. The van der Waals surface area contributed by atoms with E-state index in [1.54, 1.807) is 24.3 Å². The van der Waals surface area contributed by atoms with E-state index >= 15 is 0 Å². The summed E-state index contributed by atoms with van der Waals surface area (Å²) in [6.07, 6.45) is 0.0954. The molecule has 0 aromatic heterocycles. The van der Waals surface area contributed by atoms with Crippen LogP contribution in [0.3, 0.4) is 0 Å². The zero-order chi connectivity index (χ0) is 21.5. The van der Waals surface area contributed by atoms with E-state index in [1.165, 1.54) is 6.92 Å². The van der Waals surface area contributed by atoms with Crippen molar-refractivity contribution in [1.29, 1.82) is 0 Å². The molecule has 0 fully saturated rings. The Labute approximate surface area is 186 Å². The lowest BCUT2D eigenvalue weighted by atomic mass is 9.97. The molecule has 0 saturated heterocycles. The van der Waals surface area contributed by atoms with Gasteiger partial charge in [-0.3, -0.25) is 9.59 Å². The fourth-order valence-electron chi connectivity index (χ4n) is 3.26. The van der Waals surface area contributed by atoms with Crippen LogP contribution in [0.5, 0.6) is 0 Å². The minimum Gasteiger partial charge on any atom is -0.349 e. The number of carbonyl (C=O) groups is 2. The van der Waals surface area contributed by atoms with E-state index < -0.39 is 6.04 Å². The lowest BCUT2D eigenvalue weighted by Crippen LogP contribution is -2.34. The first-order valence-corrected chi connectivity index (χ1v) is 10.3. The summed E-state index contributed by atoms with van der Waals surface area (Å²) < 4.78 is 0. The van der Waals surface area contributed by atoms with Gasteiger partial charge in [0.2, 0.25) is 11.8 Å². The van der Waals surface area contributed by atoms with Crippen LogP contribution in [0.1, 0.15) is 42.1 Å². The molecule has 0 aliphatic heterocycles. The number of rotatable bonds is 7. The monoisotopic (exact) mass is 440 g/mol. The van der Waals surface area contributed by atoms with Crippen LogP contribution in [0.2, 0.25) is 10.0 Å². The molecule has 2 amide bonds. The van der Waals surface area contributed by atoms with Gasteiger partial charge in [-0.15, -0.1) is 0 Å². The highest BCUT2D eigenvalue weighted by Crippen LogP contribution is 2.25. The normalized spacial score (nSPS) is 12.6. The number of amides is 2. The molecule has 2 atom stereocenters. The third kappa shape index (κ3) is 6.09. The van der Waals surface area contributed by atoms with Crippen molar-refractivity contribution in [3.05, 3.63) is 106 Å². The molecule has 154 valence electrons. The predicted molar refractivity (Wildman–Crippen MR) is 121 cm³/mol. The highest BCUT2D eigenvalue weighted by Gasteiger charge is 2.21. The van der Waals surface area contributed by atoms with Gasteiger partial charge in [-0.25, -0.2) is 0 Å². The molecule has 6 heteroatoms. The number of benzene rings is 3. The maximum absolute atomic E-state index is 13.0. The van der Waals surface area contributed by atoms with Gasteiger partial charge in [0.25, 0.3) is 0 Å². The molecule has 3 aromatic rings. The van der Waals surface area contributed by atoms with E-state index in [4.69, 9.17) is 23.2 Å². The van der Waals surface area contributed by atoms with Crippen molar-refractivity contribution < 1.29 is 9.59 Å². The van der Waals surface area contributed by atoms with Crippen LogP contribution in [0.25, 0.3) is 0 Å². The Kier molecular flexibility index (Phi) is 7.50. The van der Waals surface area contributed by atoms with Gasteiger partial charge in [-0.2, -0.15) is 0 Å². The number of hydrogen-bond acceptors (Lipinski definition) is 2. The molecular weight excluding hydrogens is 419 g/mol. The summed E-state index contributed by atoms with van der Waals surface area (Å²) in [7, 11) is 0. The number of halogens is 2. The summed E-state index contributed by atoms with van der Waals surface area (Å²) in [5, 5.41) is 7.17. The summed E-state index contributed by atoms with van der Waals surface area (Å²) in [6, 6.07) is 23.4. The fourth-order valence-corrected chi connectivity index (χ4v) is 3.51. The third-order valence-corrected chi connectivity index (χ3v) is 5.18. The summed E-state index contributed by atoms with van der Waals surface area (Å²) >= 11 is 12.0. The van der Waals surface area contributed by atoms with Crippen molar-refractivity contribution in [2.75, 3.05) is 0 Å². The molecule has 3 rings (SSSR count). The molecule has 0 aliphatic rings. The first-order chi connectivity index (χ1) is 14.4. The molecule has 0 heterocycles. The summed E-state index contributed by atoms with van der Waals surface area (Å²) in [4.78, 5) is 24.7. The Bertz CT molecular complexity index is 990. The number of carbonyl (C=O) groups excluding carboxylic acids is 2. The minimum absolute atomic E-state index is 0.0954. The summed E-state index contributed by atoms with van der Waals surface area (Å²) in [6.45, 7) is 1.43. The highest BCUT2D eigenvalue weighted by molar-refractivity contribution is 6.30. The predicted octanol–water partition coefficient (Wildman–Crippen LogP) is 5.47. The number of nitrogens with one attached hydrogen (secondary N) is 2. The van der Waals surface area contributed by atoms with Crippen LogP contribution in [-0.4, -0.2) is 11.8 Å². The molecule has 3 aromatic carbocycles. The van der Waals surface area contributed by atoms with Crippen LogP contribution in [-0.2, 0) is 9.59 Å². The molecular formula is C24H22Cl2N2O2. The first-order valence-electron chi connectivity index (χ1n) is 9.54. The van der Waals surface area contributed by atoms with Crippen molar-refractivity contribution >= 4 is 35.0 Å². The SMILES string of the molecule is CC(=O)NC(CC(=O)NC(c1ccccc1)c1ccc(Cl)cc1)c1ccc(Cl)cc1. The molecule has 2 N–H and O–H groups in total. The Balaban J connectivity index is 1.82. The topological polar surface area (TPSA) is 58.2 Å². The van der Waals surface area contributed by atoms with Gasteiger partial charge in [0, 0.05) is 17.0 Å². The molecule has 30 heavy (non-hydrogen) atoms. The van der Waals surface area contributed by atoms with Gasteiger partial charge in [-0.05, 0) is 41.0 Å². The molecule has 0 saturated carbocycles. The van der Waals surface area contributed by atoms with Crippen molar-refractivity contribution in [1.82, 2.24) is 10.6 Å². The summed E-state index contributed by atoms with van der Waals surface area (Å²) in [5.41, 5.74) is 2.68. The Morgan fingerprint density at radius 2 is 1.23 bits per heavy atom. The van der Waals surface area contributed by atoms with Crippen LogP contribution in [0.4, 0.5) is 0 Å². The fraction of sp³-hybridized carbons (Fsp3) is 0.167. The molecule has 4 nitrogen and oxygen atoms in total. The van der Waals surface area contributed by atoms with Crippen molar-refractivity contribution in [2.45, 2.75) is 25.4 Å². The molecule has 2 unspecified atom stereocenters. The Morgan fingerprint density at radius 1 is 0.733 bits per heavy atom. The second kappa shape index (κ2) is 10.3. The van der Waals surface area contributed by atoms with Gasteiger partial charge in [0.15, 0.2) is 0 Å². The van der Waals surface area contributed by atoms with Crippen molar-refractivity contribution in [3.63, 3.8) is 0 Å². The molecule has 0 radical (unpaired) electrons. The smallest absolute Gasteiger partial charge is 0.223 e. The largest absolute Gasteiger partial charge is 0.349 e. The Hall–Kier alpha value is -2.82. The summed E-state index contributed by atoms with van der Waals surface area (Å²) in [5.74, 6) is -0.396. The van der Waals surface area contributed by atoms with E-state index in [-0.39, 0.29) is 24.3 Å². The van der Waals surface area contributed by atoms with Crippen molar-refractivity contribution in [2.24, 2.45) is 0 Å². The standard InChI is InChI=1S/C24H22Cl2N2O2/c1-16(29)27-22(17-7-11-20(25)12-8-17)15-23(30)28-24(18-5-3-2-4-6-18)19-9-13-21(26)14-10-19/h2-14,22,24H,15H2,1H3,(H,27,29)(H,28,30). The molecule has 0 spiro atoms. The zero-order valence-electron chi connectivity index (χ0n) is 16.4. The number of hydrogen-bond donors (Lipinski definition) is 2. The van der Waals surface area contributed by atoms with Crippen LogP contribution >= 0.6 is 23.2 Å².